The molecule has 5 nitrogen and oxygen atoms in total. The van der Waals surface area contributed by atoms with Crippen molar-refractivity contribution in [2.75, 3.05) is 10.6 Å². The fourth-order valence-corrected chi connectivity index (χ4v) is 1.36. The number of benzene rings is 1. The number of carbonyl (C=O) groups is 2. The van der Waals surface area contributed by atoms with Gasteiger partial charge in [0, 0.05) is 11.4 Å². The van der Waals surface area contributed by atoms with Crippen molar-refractivity contribution >= 4 is 23.7 Å². The van der Waals surface area contributed by atoms with E-state index in [9.17, 15) is 9.59 Å². The van der Waals surface area contributed by atoms with Crippen molar-refractivity contribution in [1.82, 2.24) is 0 Å². The summed E-state index contributed by atoms with van der Waals surface area (Å²) < 4.78 is 4.96. The van der Waals surface area contributed by atoms with Gasteiger partial charge in [0.2, 0.25) is 6.41 Å². The average Bonchev–Trinajstić information content (AvgIpc) is 2.83. The van der Waals surface area contributed by atoms with E-state index in [0.29, 0.717) is 17.8 Å². The molecule has 0 radical (unpaired) electrons. The minimum absolute atomic E-state index is 0.235. The smallest absolute Gasteiger partial charge is 0.291 e. The van der Waals surface area contributed by atoms with Crippen LogP contribution in [0.2, 0.25) is 0 Å². The van der Waals surface area contributed by atoms with Gasteiger partial charge in [-0.15, -0.1) is 0 Å². The Morgan fingerprint density at radius 3 is 2.71 bits per heavy atom. The Morgan fingerprint density at radius 1 is 1.18 bits per heavy atom. The summed E-state index contributed by atoms with van der Waals surface area (Å²) in [5.74, 6) is -0.1000. The van der Waals surface area contributed by atoms with Crippen molar-refractivity contribution in [2.45, 2.75) is 0 Å². The van der Waals surface area contributed by atoms with E-state index >= 15 is 0 Å². The number of nitrogens with one attached hydrogen (secondary N) is 2. The molecule has 0 aliphatic rings. The van der Waals surface area contributed by atoms with Gasteiger partial charge in [0.1, 0.15) is 0 Å². The molecule has 0 saturated carbocycles. The number of carbonyl (C=O) groups excluding carboxylic acids is 2. The van der Waals surface area contributed by atoms with Gasteiger partial charge >= 0.3 is 0 Å². The van der Waals surface area contributed by atoms with E-state index in [0.717, 1.165) is 0 Å². The van der Waals surface area contributed by atoms with Crippen LogP contribution in [-0.2, 0) is 4.79 Å². The van der Waals surface area contributed by atoms with Crippen molar-refractivity contribution in [3.8, 4) is 0 Å². The summed E-state index contributed by atoms with van der Waals surface area (Å²) >= 11 is 0. The number of amides is 2. The lowest BCUT2D eigenvalue weighted by Crippen LogP contribution is -2.10. The molecule has 2 N–H and O–H groups in total. The summed E-state index contributed by atoms with van der Waals surface area (Å²) in [5, 5.41) is 5.16. The molecule has 0 aliphatic heterocycles. The minimum Gasteiger partial charge on any atom is -0.459 e. The van der Waals surface area contributed by atoms with E-state index in [2.05, 4.69) is 10.6 Å². The van der Waals surface area contributed by atoms with E-state index in [4.69, 9.17) is 4.42 Å². The summed E-state index contributed by atoms with van der Waals surface area (Å²) in [6, 6.07) is 10.0. The first-order chi connectivity index (χ1) is 8.29. The lowest BCUT2D eigenvalue weighted by molar-refractivity contribution is -0.105. The Bertz CT molecular complexity index is 520. The third-order valence-corrected chi connectivity index (χ3v) is 2.09. The highest BCUT2D eigenvalue weighted by molar-refractivity contribution is 6.02. The molecule has 17 heavy (non-hydrogen) atoms. The van der Waals surface area contributed by atoms with Crippen LogP contribution >= 0.6 is 0 Å². The zero-order chi connectivity index (χ0) is 12.1. The first kappa shape index (κ1) is 10.9. The third kappa shape index (κ3) is 2.72. The lowest BCUT2D eigenvalue weighted by Gasteiger charge is -2.05. The maximum atomic E-state index is 11.6. The first-order valence-electron chi connectivity index (χ1n) is 4.95. The molecule has 1 heterocycles. The summed E-state index contributed by atoms with van der Waals surface area (Å²) in [7, 11) is 0. The molecule has 2 aromatic rings. The Morgan fingerprint density at radius 2 is 2.00 bits per heavy atom. The number of rotatable bonds is 4. The van der Waals surface area contributed by atoms with E-state index < -0.39 is 0 Å². The van der Waals surface area contributed by atoms with Gasteiger partial charge in [-0.3, -0.25) is 9.59 Å². The third-order valence-electron chi connectivity index (χ3n) is 2.09. The van der Waals surface area contributed by atoms with Crippen LogP contribution in [-0.4, -0.2) is 12.3 Å². The highest BCUT2D eigenvalue weighted by Crippen LogP contribution is 2.15. The zero-order valence-electron chi connectivity index (χ0n) is 8.84. The highest BCUT2D eigenvalue weighted by atomic mass is 16.3. The molecule has 0 fully saturated rings. The van der Waals surface area contributed by atoms with Crippen LogP contribution in [0.4, 0.5) is 11.4 Å². The van der Waals surface area contributed by atoms with Gasteiger partial charge in [-0.1, -0.05) is 6.07 Å². The molecule has 1 aromatic carbocycles. The largest absolute Gasteiger partial charge is 0.459 e. The summed E-state index contributed by atoms with van der Waals surface area (Å²) in [5.41, 5.74) is 1.19. The van der Waals surface area contributed by atoms with Crippen molar-refractivity contribution in [3.05, 3.63) is 48.4 Å². The Labute approximate surface area is 97.4 Å². The number of furan rings is 1. The van der Waals surface area contributed by atoms with Gasteiger partial charge in [-0.2, -0.15) is 0 Å². The van der Waals surface area contributed by atoms with Crippen molar-refractivity contribution in [2.24, 2.45) is 0 Å². The molecule has 1 aromatic heterocycles. The Balaban J connectivity index is 2.10. The molecule has 2 amide bonds. The van der Waals surface area contributed by atoms with E-state index in [1.54, 1.807) is 36.4 Å². The van der Waals surface area contributed by atoms with Crippen LogP contribution in [0, 0.1) is 0 Å². The van der Waals surface area contributed by atoms with Gasteiger partial charge in [-0.05, 0) is 30.3 Å². The van der Waals surface area contributed by atoms with E-state index in [-0.39, 0.29) is 11.7 Å². The zero-order valence-corrected chi connectivity index (χ0v) is 8.84. The van der Waals surface area contributed by atoms with Crippen molar-refractivity contribution in [1.29, 1.82) is 0 Å². The monoisotopic (exact) mass is 230 g/mol. The van der Waals surface area contributed by atoms with Crippen molar-refractivity contribution < 1.29 is 14.0 Å². The predicted octanol–water partition coefficient (Wildman–Crippen LogP) is 2.10. The molecule has 86 valence electrons. The second kappa shape index (κ2) is 4.98. The van der Waals surface area contributed by atoms with E-state index in [1.165, 1.54) is 6.26 Å². The van der Waals surface area contributed by atoms with Crippen LogP contribution in [0.25, 0.3) is 0 Å². The molecule has 0 spiro atoms. The molecule has 5 heteroatoms. The molecular formula is C12H10N2O3. The normalized spacial score (nSPS) is 9.65. The second-order valence-corrected chi connectivity index (χ2v) is 3.27. The Kier molecular flexibility index (Phi) is 3.20. The standard InChI is InChI=1S/C12H10N2O3/c15-8-13-9-3-1-4-10(7-9)14-12(16)11-5-2-6-17-11/h1-8H,(H,13,15)(H,14,16). The molecule has 0 aliphatic carbocycles. The van der Waals surface area contributed by atoms with E-state index in [1.807, 2.05) is 0 Å². The topological polar surface area (TPSA) is 71.3 Å². The fraction of sp³-hybridized carbons (Fsp3) is 0. The van der Waals surface area contributed by atoms with Crippen LogP contribution in [0.15, 0.2) is 47.1 Å². The van der Waals surface area contributed by atoms with Crippen LogP contribution < -0.4 is 10.6 Å². The van der Waals surface area contributed by atoms with Gasteiger partial charge in [0.05, 0.1) is 6.26 Å². The summed E-state index contributed by atoms with van der Waals surface area (Å²) in [4.78, 5) is 21.9. The fourth-order valence-electron chi connectivity index (χ4n) is 1.36. The van der Waals surface area contributed by atoms with Crippen molar-refractivity contribution in [3.63, 3.8) is 0 Å². The minimum atomic E-state index is -0.335. The summed E-state index contributed by atoms with van der Waals surface area (Å²) in [6.45, 7) is 0. The number of hydrogen-bond donors (Lipinski definition) is 2. The number of hydrogen-bond acceptors (Lipinski definition) is 3. The average molecular weight is 230 g/mol. The quantitative estimate of drug-likeness (QED) is 0.790. The molecular weight excluding hydrogens is 220 g/mol. The molecule has 2 rings (SSSR count). The van der Waals surface area contributed by atoms with Gasteiger partial charge in [-0.25, -0.2) is 0 Å². The van der Waals surface area contributed by atoms with Gasteiger partial charge in [0.15, 0.2) is 5.76 Å². The molecule has 0 atom stereocenters. The highest BCUT2D eigenvalue weighted by Gasteiger charge is 2.08. The first-order valence-corrected chi connectivity index (χ1v) is 4.95. The number of anilines is 2. The maximum Gasteiger partial charge on any atom is 0.291 e. The lowest BCUT2D eigenvalue weighted by atomic mass is 10.2. The predicted molar refractivity (Wildman–Crippen MR) is 62.8 cm³/mol. The van der Waals surface area contributed by atoms with Crippen LogP contribution in [0.5, 0.6) is 0 Å². The Hall–Kier alpha value is -2.56. The maximum absolute atomic E-state index is 11.6. The molecule has 0 unspecified atom stereocenters. The molecule has 0 saturated heterocycles. The summed E-state index contributed by atoms with van der Waals surface area (Å²) in [6.07, 6.45) is 2.01. The molecule has 0 bridgehead atoms. The van der Waals surface area contributed by atoms with Gasteiger partial charge < -0.3 is 15.1 Å². The second-order valence-electron chi connectivity index (χ2n) is 3.27. The van der Waals surface area contributed by atoms with Crippen LogP contribution in [0.1, 0.15) is 10.6 Å². The SMILES string of the molecule is O=CNc1cccc(NC(=O)c2ccco2)c1. The van der Waals surface area contributed by atoms with Gasteiger partial charge in [0.25, 0.3) is 5.91 Å². The van der Waals surface area contributed by atoms with Crippen LogP contribution in [0.3, 0.4) is 0 Å².